The predicted octanol–water partition coefficient (Wildman–Crippen LogP) is 3.87. The van der Waals surface area contributed by atoms with Crippen molar-refractivity contribution < 1.29 is 33.7 Å². The summed E-state index contributed by atoms with van der Waals surface area (Å²) in [6.07, 6.45) is 3.31. The zero-order valence-electron chi connectivity index (χ0n) is 33.6. The summed E-state index contributed by atoms with van der Waals surface area (Å²) in [5, 5.41) is 22.1. The minimum atomic E-state index is -0.438. The van der Waals surface area contributed by atoms with Gasteiger partial charge < -0.3 is 39.4 Å². The second kappa shape index (κ2) is 16.5. The van der Waals surface area contributed by atoms with Gasteiger partial charge in [0, 0.05) is 81.0 Å². The van der Waals surface area contributed by atoms with E-state index in [-0.39, 0.29) is 48.5 Å². The molecule has 7 heterocycles. The minimum absolute atomic E-state index is 0.00869. The van der Waals surface area contributed by atoms with E-state index in [1.807, 2.05) is 60.5 Å². The molecule has 4 aliphatic rings. The number of hydrogen-bond acceptors (Lipinski definition) is 13. The second-order valence-electron chi connectivity index (χ2n) is 15.8. The standard InChI is InChI=1S/C43H48N10O7/c1-26-20-53(41-33(26)17-30(19-45-41)51-12-11-38(55)46-43(51)57)31-24-59-39(60-25-31)22-49-13-15-50(16-14-49)42(56)29-9-7-28(8-10-29)37-21-52(27(2)23-58-37)35-18-34(47-48-40(35)44)32-5-3-4-6-36(32)54/h3-10,17-20,27,31,37,39,54H,11-16,21-25H2,1-2H3,(H2,44,48)(H,46,55,57)/t27-,31?,37+,39?/m1/s1. The average Bonchev–Trinajstić information content (AvgIpc) is 3.60. The summed E-state index contributed by atoms with van der Waals surface area (Å²) in [5.41, 5.74) is 12.2. The number of phenolic OH excluding ortho intramolecular Hbond substituents is 1. The molecule has 0 bridgehead atoms. The van der Waals surface area contributed by atoms with E-state index in [0.29, 0.717) is 94.0 Å². The highest BCUT2D eigenvalue weighted by Gasteiger charge is 2.32. The van der Waals surface area contributed by atoms with Crippen LogP contribution < -0.4 is 20.9 Å². The molecular formula is C43H48N10O7. The van der Waals surface area contributed by atoms with E-state index in [2.05, 4.69) is 36.8 Å². The minimum Gasteiger partial charge on any atom is -0.507 e. The van der Waals surface area contributed by atoms with E-state index in [4.69, 9.17) is 24.9 Å². The molecule has 4 N–H and O–H groups in total. The number of rotatable bonds is 8. The van der Waals surface area contributed by atoms with Gasteiger partial charge in [-0.3, -0.25) is 24.7 Å². The topological polar surface area (TPSA) is 194 Å². The summed E-state index contributed by atoms with van der Waals surface area (Å²) in [6.45, 7) is 9.50. The molecule has 2 atom stereocenters. The van der Waals surface area contributed by atoms with E-state index in [0.717, 1.165) is 27.8 Å². The summed E-state index contributed by atoms with van der Waals surface area (Å²) in [5.74, 6) is 0.136. The van der Waals surface area contributed by atoms with E-state index in [1.165, 1.54) is 4.90 Å². The number of nitrogens with two attached hydrogens (primary N) is 1. The summed E-state index contributed by atoms with van der Waals surface area (Å²) in [7, 11) is 0. The van der Waals surface area contributed by atoms with Crippen LogP contribution in [0.25, 0.3) is 22.3 Å². The Kier molecular flexibility index (Phi) is 10.8. The predicted molar refractivity (Wildman–Crippen MR) is 223 cm³/mol. The number of imide groups is 1. The largest absolute Gasteiger partial charge is 0.507 e. The summed E-state index contributed by atoms with van der Waals surface area (Å²) < 4.78 is 20.7. The normalized spacial score (nSPS) is 22.9. The van der Waals surface area contributed by atoms with Gasteiger partial charge in [0.1, 0.15) is 17.5 Å². The number of phenols is 1. The third kappa shape index (κ3) is 7.83. The number of benzene rings is 2. The number of nitrogens with one attached hydrogen (secondary N) is 1. The molecule has 60 heavy (non-hydrogen) atoms. The van der Waals surface area contributed by atoms with Gasteiger partial charge in [0.25, 0.3) is 5.91 Å². The Morgan fingerprint density at radius 2 is 1.72 bits per heavy atom. The number of morpholine rings is 1. The first kappa shape index (κ1) is 39.3. The van der Waals surface area contributed by atoms with Crippen molar-refractivity contribution in [2.45, 2.75) is 44.7 Å². The number of ether oxygens (including phenoxy) is 3. The zero-order valence-corrected chi connectivity index (χ0v) is 33.6. The molecule has 9 rings (SSSR count). The van der Waals surface area contributed by atoms with Crippen molar-refractivity contribution in [2.24, 2.45) is 0 Å². The Hall–Kier alpha value is -6.14. The van der Waals surface area contributed by atoms with Crippen molar-refractivity contribution in [1.29, 1.82) is 0 Å². The lowest BCUT2D eigenvalue weighted by molar-refractivity contribution is -0.204. The summed E-state index contributed by atoms with van der Waals surface area (Å²) in [4.78, 5) is 50.2. The number of hydrogen-bond donors (Lipinski definition) is 3. The number of aromatic hydroxyl groups is 1. The van der Waals surface area contributed by atoms with Crippen molar-refractivity contribution in [3.05, 3.63) is 89.7 Å². The van der Waals surface area contributed by atoms with Crippen molar-refractivity contribution >= 4 is 46.1 Å². The quantitative estimate of drug-likeness (QED) is 0.205. The highest BCUT2D eigenvalue weighted by atomic mass is 16.7. The fraction of sp³-hybridized carbons (Fsp3) is 0.395. The van der Waals surface area contributed by atoms with Gasteiger partial charge in [-0.05, 0) is 61.4 Å². The number of anilines is 3. The Bertz CT molecular complexity index is 2410. The van der Waals surface area contributed by atoms with Crippen LogP contribution in [0.5, 0.6) is 5.75 Å². The van der Waals surface area contributed by atoms with Crippen LogP contribution in [-0.4, -0.2) is 130 Å². The molecule has 0 radical (unpaired) electrons. The molecule has 17 heteroatoms. The van der Waals surface area contributed by atoms with Crippen LogP contribution in [0.3, 0.4) is 0 Å². The number of fused-ring (bicyclic) bond motifs is 1. The third-order valence-electron chi connectivity index (χ3n) is 11.9. The van der Waals surface area contributed by atoms with E-state index >= 15 is 0 Å². The van der Waals surface area contributed by atoms with Gasteiger partial charge in [-0.25, -0.2) is 9.78 Å². The zero-order chi connectivity index (χ0) is 41.5. The van der Waals surface area contributed by atoms with Gasteiger partial charge in [0.15, 0.2) is 12.1 Å². The highest BCUT2D eigenvalue weighted by molar-refractivity contribution is 6.06. The van der Waals surface area contributed by atoms with Crippen LogP contribution >= 0.6 is 0 Å². The van der Waals surface area contributed by atoms with Gasteiger partial charge in [-0.2, -0.15) is 0 Å². The number of nitrogen functional groups attached to an aromatic ring is 1. The van der Waals surface area contributed by atoms with Crippen LogP contribution in [0.4, 0.5) is 22.0 Å². The Morgan fingerprint density at radius 1 is 0.950 bits per heavy atom. The molecule has 17 nitrogen and oxygen atoms in total. The maximum atomic E-state index is 13.6. The number of carbonyl (C=O) groups is 3. The monoisotopic (exact) mass is 816 g/mol. The lowest BCUT2D eigenvalue weighted by Gasteiger charge is -2.40. The second-order valence-corrected chi connectivity index (χ2v) is 15.8. The molecule has 3 aromatic heterocycles. The first-order valence-electron chi connectivity index (χ1n) is 20.3. The number of amides is 4. The molecule has 4 amide bonds. The average molecular weight is 817 g/mol. The Balaban J connectivity index is 0.761. The van der Waals surface area contributed by atoms with Crippen molar-refractivity contribution in [3.8, 4) is 17.0 Å². The number of pyridine rings is 1. The first-order chi connectivity index (χ1) is 29.1. The highest BCUT2D eigenvalue weighted by Crippen LogP contribution is 2.36. The van der Waals surface area contributed by atoms with Crippen LogP contribution in [0.15, 0.2) is 73.1 Å². The molecule has 4 aliphatic heterocycles. The number of carbonyl (C=O) groups excluding carboxylic acids is 3. The molecule has 0 saturated carbocycles. The van der Waals surface area contributed by atoms with Crippen LogP contribution in [0.1, 0.15) is 47.0 Å². The molecular weight excluding hydrogens is 769 g/mol. The van der Waals surface area contributed by atoms with Gasteiger partial charge in [-0.15, -0.1) is 10.2 Å². The van der Waals surface area contributed by atoms with Crippen LogP contribution in [-0.2, 0) is 19.0 Å². The molecule has 4 saturated heterocycles. The fourth-order valence-corrected chi connectivity index (χ4v) is 8.42. The molecule has 4 fully saturated rings. The summed E-state index contributed by atoms with van der Waals surface area (Å²) >= 11 is 0. The van der Waals surface area contributed by atoms with Crippen molar-refractivity contribution in [1.82, 2.24) is 34.9 Å². The lowest BCUT2D eigenvalue weighted by atomic mass is 10.0. The van der Waals surface area contributed by atoms with E-state index < -0.39 is 6.03 Å². The number of nitrogens with zero attached hydrogens (tertiary/aromatic N) is 8. The molecule has 0 aliphatic carbocycles. The molecule has 0 unspecified atom stereocenters. The molecule has 0 spiro atoms. The van der Waals surface area contributed by atoms with E-state index in [1.54, 1.807) is 24.4 Å². The van der Waals surface area contributed by atoms with Crippen molar-refractivity contribution in [3.63, 3.8) is 0 Å². The van der Waals surface area contributed by atoms with Gasteiger partial charge in [-0.1, -0.05) is 24.3 Å². The van der Waals surface area contributed by atoms with E-state index in [9.17, 15) is 19.5 Å². The maximum absolute atomic E-state index is 13.6. The lowest BCUT2D eigenvalue weighted by Crippen LogP contribution is -2.51. The first-order valence-corrected chi connectivity index (χ1v) is 20.3. The molecule has 5 aromatic rings. The number of para-hydroxylation sites is 1. The maximum Gasteiger partial charge on any atom is 0.328 e. The fourth-order valence-electron chi connectivity index (χ4n) is 8.42. The number of urea groups is 1. The summed E-state index contributed by atoms with van der Waals surface area (Å²) in [6, 6.07) is 18.0. The Labute approximate surface area is 346 Å². The van der Waals surface area contributed by atoms with Gasteiger partial charge >= 0.3 is 6.03 Å². The Morgan fingerprint density at radius 3 is 2.47 bits per heavy atom. The molecule has 2 aromatic carbocycles. The molecule has 312 valence electrons. The number of aryl methyl sites for hydroxylation is 1. The van der Waals surface area contributed by atoms with Crippen molar-refractivity contribution in [2.75, 3.05) is 81.2 Å². The number of piperazine rings is 1. The van der Waals surface area contributed by atoms with Crippen LogP contribution in [0.2, 0.25) is 0 Å². The number of aromatic nitrogens is 4. The van der Waals surface area contributed by atoms with Gasteiger partial charge in [0.2, 0.25) is 5.91 Å². The third-order valence-corrected chi connectivity index (χ3v) is 11.9. The van der Waals surface area contributed by atoms with Crippen LogP contribution in [0, 0.1) is 6.92 Å². The SMILES string of the molecule is Cc1cn(C2COC(CN3CCN(C(=O)c4ccc([C@@H]5CN(c6cc(-c7ccccc7O)nnc6N)[C@H](C)CO5)cc4)CC3)OC2)c2ncc(N3CCC(=O)NC3=O)cc12. The smallest absolute Gasteiger partial charge is 0.328 e. The van der Waals surface area contributed by atoms with Gasteiger partial charge in [0.05, 0.1) is 49.1 Å².